The number of unbranched alkanes of at least 4 members (excludes halogenated alkanes) is 2. The quantitative estimate of drug-likeness (QED) is 0.0487. The molecular formula is C46H44ClFN4O6S. The van der Waals surface area contributed by atoms with Crippen molar-refractivity contribution < 1.29 is 33.6 Å². The van der Waals surface area contributed by atoms with Crippen LogP contribution in [0.4, 0.5) is 10.1 Å². The predicted molar refractivity (Wildman–Crippen MR) is 230 cm³/mol. The van der Waals surface area contributed by atoms with Gasteiger partial charge in [-0.3, -0.25) is 0 Å². The Morgan fingerprint density at radius 1 is 0.881 bits per heavy atom. The van der Waals surface area contributed by atoms with Gasteiger partial charge in [0.15, 0.2) is 0 Å². The molecule has 13 heteroatoms. The van der Waals surface area contributed by atoms with Gasteiger partial charge in [-0.15, -0.1) is 19.3 Å². The van der Waals surface area contributed by atoms with Crippen LogP contribution in [0.2, 0.25) is 5.02 Å². The van der Waals surface area contributed by atoms with Crippen molar-refractivity contribution >= 4 is 39.8 Å². The van der Waals surface area contributed by atoms with Crippen LogP contribution >= 0.6 is 23.4 Å². The first-order chi connectivity index (χ1) is 28.6. The fourth-order valence-corrected chi connectivity index (χ4v) is 9.04. The molecule has 3 atom stereocenters. The van der Waals surface area contributed by atoms with E-state index in [0.29, 0.717) is 10.6 Å². The first-order valence-corrected chi connectivity index (χ1v) is 20.5. The van der Waals surface area contributed by atoms with E-state index in [0.717, 1.165) is 87.9 Å². The van der Waals surface area contributed by atoms with Gasteiger partial charge in [0.25, 0.3) is 0 Å². The highest BCUT2D eigenvalue weighted by Gasteiger charge is 2.43. The summed E-state index contributed by atoms with van der Waals surface area (Å²) in [6, 6.07) is 18.5. The van der Waals surface area contributed by atoms with Gasteiger partial charge in [0.1, 0.15) is 65.9 Å². The summed E-state index contributed by atoms with van der Waals surface area (Å²) in [7, 11) is 0. The Kier molecular flexibility index (Phi) is 12.7. The van der Waals surface area contributed by atoms with Crippen LogP contribution < -0.4 is 30.4 Å². The number of nitrogens with zero attached hydrogens (tertiary/aromatic N) is 1. The molecule has 5 N–H and O–H groups in total. The molecule has 0 spiro atoms. The van der Waals surface area contributed by atoms with Crippen molar-refractivity contribution in [1.82, 2.24) is 15.4 Å². The largest absolute Gasteiger partial charge is 0.493 e. The highest BCUT2D eigenvalue weighted by atomic mass is 35.5. The van der Waals surface area contributed by atoms with E-state index in [2.05, 4.69) is 53.0 Å². The summed E-state index contributed by atoms with van der Waals surface area (Å²) in [6.45, 7) is 4.24. The Morgan fingerprint density at radius 3 is 2.36 bits per heavy atom. The second kappa shape index (κ2) is 18.1. The lowest BCUT2D eigenvalue weighted by molar-refractivity contribution is 0.0329. The number of aromatic nitrogens is 1. The number of hydrogen-bond donors (Lipinski definition) is 5. The number of benzene rings is 4. The van der Waals surface area contributed by atoms with E-state index in [1.807, 2.05) is 43.3 Å². The van der Waals surface area contributed by atoms with Crippen molar-refractivity contribution in [1.29, 1.82) is 0 Å². The zero-order chi connectivity index (χ0) is 41.7. The topological polar surface area (TPSA) is 118 Å². The number of hydrazine groups is 1. The van der Waals surface area contributed by atoms with Gasteiger partial charge in [-0.2, -0.15) is 0 Å². The van der Waals surface area contributed by atoms with E-state index in [-0.39, 0.29) is 66.2 Å². The molecule has 1 fully saturated rings. The number of halogens is 2. The van der Waals surface area contributed by atoms with Gasteiger partial charge in [0.05, 0.1) is 15.6 Å². The Bertz CT molecular complexity index is 2480. The Balaban J connectivity index is 1.10. The summed E-state index contributed by atoms with van der Waals surface area (Å²) < 4.78 is 39.7. The first kappa shape index (κ1) is 41.5. The fraction of sp³-hybridized carbons (Fsp3) is 0.304. The van der Waals surface area contributed by atoms with Gasteiger partial charge in [0.2, 0.25) is 11.8 Å². The molecule has 0 saturated carbocycles. The van der Waals surface area contributed by atoms with Crippen LogP contribution in [0.5, 0.6) is 29.0 Å². The van der Waals surface area contributed by atoms with Crippen molar-refractivity contribution in [3.63, 3.8) is 0 Å². The summed E-state index contributed by atoms with van der Waals surface area (Å²) in [5, 5.41) is 28.3. The molecule has 10 nitrogen and oxygen atoms in total. The van der Waals surface area contributed by atoms with Crippen molar-refractivity contribution in [3.05, 3.63) is 93.8 Å². The van der Waals surface area contributed by atoms with Crippen LogP contribution in [0.25, 0.3) is 16.5 Å². The van der Waals surface area contributed by atoms with Crippen LogP contribution in [-0.2, 0) is 22.4 Å². The number of nitrogens with one attached hydrogen (secondary N) is 3. The van der Waals surface area contributed by atoms with Gasteiger partial charge in [-0.1, -0.05) is 84.8 Å². The summed E-state index contributed by atoms with van der Waals surface area (Å²) in [5.41, 5.74) is 10.6. The van der Waals surface area contributed by atoms with E-state index in [1.54, 1.807) is 0 Å². The molecule has 0 bridgehead atoms. The molecule has 7 rings (SSSR count). The number of hydrogen-bond acceptors (Lipinski definition) is 10. The van der Waals surface area contributed by atoms with E-state index >= 15 is 4.39 Å². The third-order valence-corrected chi connectivity index (χ3v) is 11.9. The van der Waals surface area contributed by atoms with Crippen molar-refractivity contribution in [2.75, 3.05) is 25.1 Å². The minimum atomic E-state index is -0.833. The monoisotopic (exact) mass is 834 g/mol. The van der Waals surface area contributed by atoms with E-state index in [9.17, 15) is 10.2 Å². The molecule has 0 aliphatic carbocycles. The minimum absolute atomic E-state index is 0.00187. The molecule has 4 aromatic carbocycles. The molecule has 0 radical (unpaired) electrons. The van der Waals surface area contributed by atoms with Crippen molar-refractivity contribution in [2.24, 2.45) is 0 Å². The lowest BCUT2D eigenvalue weighted by atomic mass is 9.93. The number of anilines is 1. The standard InChI is InChI=1S/C46H44ClFN4O6S/c1-6-20-55-30-24-28(23-29(25-30)43-51-50-40(9-4)58-43)14-11-10-12-15-33-31-16-13-17-34(32(31)18-19-38(33)56-21-7-2)46(5)49-41-42(59-46)45(54)52(44(41)53)37-27-39(57-22-8-3)35(47)26-36(37)48/h1-3,13,16-19,23-27,40,43,49-51,53-54H,9-12,14-15,20-22H2,4-5H3. The smallest absolute Gasteiger partial charge is 0.224 e. The third kappa shape index (κ3) is 8.58. The van der Waals surface area contributed by atoms with Crippen LogP contribution in [0.1, 0.15) is 68.0 Å². The third-order valence-electron chi connectivity index (χ3n) is 10.3. The molecular weight excluding hydrogens is 791 g/mol. The average Bonchev–Trinajstić information content (AvgIpc) is 3.93. The Labute approximate surface area is 352 Å². The summed E-state index contributed by atoms with van der Waals surface area (Å²) in [6.07, 6.45) is 21.2. The summed E-state index contributed by atoms with van der Waals surface area (Å²) in [5.74, 6) is 7.50. The van der Waals surface area contributed by atoms with Gasteiger partial charge in [-0.25, -0.2) is 19.8 Å². The zero-order valence-electron chi connectivity index (χ0n) is 32.7. The van der Waals surface area contributed by atoms with Crippen molar-refractivity contribution in [3.8, 4) is 71.7 Å². The van der Waals surface area contributed by atoms with Crippen LogP contribution in [0, 0.1) is 42.8 Å². The molecule has 3 unspecified atom stereocenters. The zero-order valence-corrected chi connectivity index (χ0v) is 34.2. The number of aryl methyl sites for hydroxylation is 2. The second-order valence-corrected chi connectivity index (χ2v) is 16.1. The van der Waals surface area contributed by atoms with Crippen LogP contribution in [0.15, 0.2) is 65.6 Å². The van der Waals surface area contributed by atoms with Gasteiger partial charge < -0.3 is 34.5 Å². The van der Waals surface area contributed by atoms with Gasteiger partial charge >= 0.3 is 0 Å². The molecule has 2 aliphatic heterocycles. The average molecular weight is 835 g/mol. The van der Waals surface area contributed by atoms with Crippen LogP contribution in [-0.4, -0.2) is 40.8 Å². The highest BCUT2D eigenvalue weighted by molar-refractivity contribution is 8.01. The number of fused-ring (bicyclic) bond motifs is 2. The molecule has 1 aromatic heterocycles. The Hall–Kier alpha value is -5.65. The second-order valence-electron chi connectivity index (χ2n) is 14.3. The maximum atomic E-state index is 15.3. The maximum absolute atomic E-state index is 15.3. The van der Waals surface area contributed by atoms with E-state index < -0.39 is 10.7 Å². The molecule has 2 aliphatic rings. The molecule has 59 heavy (non-hydrogen) atoms. The molecule has 3 heterocycles. The predicted octanol–water partition coefficient (Wildman–Crippen LogP) is 9.08. The fourth-order valence-electron chi connectivity index (χ4n) is 7.56. The normalized spacial score (nSPS) is 18.1. The summed E-state index contributed by atoms with van der Waals surface area (Å²) in [4.78, 5) is -0.481. The molecule has 0 amide bonds. The molecule has 304 valence electrons. The highest BCUT2D eigenvalue weighted by Crippen LogP contribution is 2.60. The number of terminal acetylenes is 3. The molecule has 5 aromatic rings. The van der Waals surface area contributed by atoms with Gasteiger partial charge in [-0.05, 0) is 85.2 Å². The number of aromatic hydroxyl groups is 2. The first-order valence-electron chi connectivity index (χ1n) is 19.3. The number of thioether (sulfide) groups is 1. The van der Waals surface area contributed by atoms with Crippen molar-refractivity contribution in [2.45, 2.75) is 74.6 Å². The number of ether oxygens (including phenoxy) is 4. The summed E-state index contributed by atoms with van der Waals surface area (Å²) >= 11 is 7.49. The van der Waals surface area contributed by atoms with E-state index in [1.165, 1.54) is 17.8 Å². The number of rotatable bonds is 16. The van der Waals surface area contributed by atoms with Crippen LogP contribution in [0.3, 0.4) is 0 Å². The molecule has 1 saturated heterocycles. The SMILES string of the molecule is C#CCOc1cc(CCCCCc2c(OCC#C)ccc3c(C4(C)Nc5c(c(O)n(-c6cc(OCC#C)c(Cl)cc6F)c5O)S4)cccc23)cc(C2NNC(CC)O2)c1. The van der Waals surface area contributed by atoms with E-state index in [4.69, 9.17) is 49.8 Å². The lowest BCUT2D eigenvalue weighted by Gasteiger charge is -2.28. The lowest BCUT2D eigenvalue weighted by Crippen LogP contribution is -2.30. The maximum Gasteiger partial charge on any atom is 0.224 e. The minimum Gasteiger partial charge on any atom is -0.493 e. The van der Waals surface area contributed by atoms with Gasteiger partial charge in [0, 0.05) is 17.2 Å². The Morgan fingerprint density at radius 2 is 1.63 bits per heavy atom.